The Bertz CT molecular complexity index is 1200. The highest BCUT2D eigenvalue weighted by Gasteiger charge is 2.16. The molecule has 0 unspecified atom stereocenters. The maximum absolute atomic E-state index is 14.1. The molecular weight excluding hydrogens is 397 g/mol. The van der Waals surface area contributed by atoms with Gasteiger partial charge in [0, 0.05) is 36.1 Å². The highest BCUT2D eigenvalue weighted by Crippen LogP contribution is 2.19. The Morgan fingerprint density at radius 2 is 1.81 bits per heavy atom. The van der Waals surface area contributed by atoms with E-state index in [0.717, 1.165) is 23.6 Å². The maximum atomic E-state index is 14.1. The molecule has 0 saturated heterocycles. The number of aromatic amines is 1. The van der Waals surface area contributed by atoms with Crippen molar-refractivity contribution in [2.75, 3.05) is 0 Å². The third-order valence-electron chi connectivity index (χ3n) is 4.91. The number of aryl methyl sites for hydroxylation is 2. The van der Waals surface area contributed by atoms with Crippen molar-refractivity contribution in [2.45, 2.75) is 19.4 Å². The molecule has 0 fully saturated rings. The summed E-state index contributed by atoms with van der Waals surface area (Å²) in [4.78, 5) is 12.9. The van der Waals surface area contributed by atoms with E-state index >= 15 is 0 Å². The number of hydrogen-bond acceptors (Lipinski definition) is 5. The lowest BCUT2D eigenvalue weighted by molar-refractivity contribution is 0.104. The number of benzene rings is 2. The lowest BCUT2D eigenvalue weighted by Gasteiger charge is -2.04. The van der Waals surface area contributed by atoms with Gasteiger partial charge in [-0.2, -0.15) is 5.21 Å². The molecule has 7 nitrogen and oxygen atoms in total. The van der Waals surface area contributed by atoms with Gasteiger partial charge in [-0.05, 0) is 35.2 Å². The number of hydrogen-bond donors (Lipinski definition) is 2. The second-order valence-corrected chi connectivity index (χ2v) is 7.08. The fourth-order valence-corrected chi connectivity index (χ4v) is 3.35. The summed E-state index contributed by atoms with van der Waals surface area (Å²) < 4.78 is 15.9. The average molecular weight is 417 g/mol. The molecule has 2 heterocycles. The number of halogens is 1. The molecule has 156 valence electrons. The minimum absolute atomic E-state index is 0.0648. The fraction of sp³-hybridized carbons (Fsp3) is 0.130. The predicted molar refractivity (Wildman–Crippen MR) is 113 cm³/mol. The van der Waals surface area contributed by atoms with Gasteiger partial charge in [0.15, 0.2) is 11.5 Å². The Hall–Kier alpha value is -4.07. The van der Waals surface area contributed by atoms with Gasteiger partial charge in [-0.15, -0.1) is 10.2 Å². The van der Waals surface area contributed by atoms with Crippen molar-refractivity contribution >= 4 is 11.5 Å². The quantitative estimate of drug-likeness (QED) is 0.259. The zero-order valence-corrected chi connectivity index (χ0v) is 16.6. The van der Waals surface area contributed by atoms with Crippen LogP contribution in [0.25, 0.3) is 5.76 Å². The second-order valence-electron chi connectivity index (χ2n) is 7.08. The van der Waals surface area contributed by atoms with E-state index in [0.29, 0.717) is 24.1 Å². The number of nitrogens with one attached hydrogen (secondary N) is 1. The number of aromatic nitrogens is 5. The van der Waals surface area contributed by atoms with Gasteiger partial charge in [0.05, 0.1) is 0 Å². The molecule has 4 rings (SSSR count). The monoisotopic (exact) mass is 417 g/mol. The van der Waals surface area contributed by atoms with Crippen molar-refractivity contribution in [1.29, 1.82) is 0 Å². The second kappa shape index (κ2) is 9.17. The van der Waals surface area contributed by atoms with E-state index in [-0.39, 0.29) is 17.4 Å². The molecule has 0 radical (unpaired) electrons. The van der Waals surface area contributed by atoms with Gasteiger partial charge in [0.1, 0.15) is 5.82 Å². The van der Waals surface area contributed by atoms with Crippen LogP contribution in [0.3, 0.4) is 0 Å². The predicted octanol–water partition coefficient (Wildman–Crippen LogP) is 3.76. The van der Waals surface area contributed by atoms with Crippen LogP contribution in [0, 0.1) is 5.82 Å². The van der Waals surface area contributed by atoms with Crippen LogP contribution in [-0.4, -0.2) is 36.1 Å². The Kier molecular flexibility index (Phi) is 5.98. The van der Waals surface area contributed by atoms with Gasteiger partial charge < -0.3 is 9.67 Å². The van der Waals surface area contributed by atoms with Crippen molar-refractivity contribution in [1.82, 2.24) is 25.2 Å². The van der Waals surface area contributed by atoms with E-state index in [9.17, 15) is 14.3 Å². The lowest BCUT2D eigenvalue weighted by Crippen LogP contribution is -2.01. The van der Waals surface area contributed by atoms with Crippen LogP contribution in [0.1, 0.15) is 32.9 Å². The molecule has 0 atom stereocenters. The minimum atomic E-state index is -0.391. The van der Waals surface area contributed by atoms with Gasteiger partial charge >= 0.3 is 0 Å². The van der Waals surface area contributed by atoms with Crippen molar-refractivity contribution in [3.05, 3.63) is 107 Å². The number of nitrogens with zero attached hydrogens (tertiary/aromatic N) is 4. The molecule has 0 aliphatic carbocycles. The number of carbonyl (C=O) groups is 1. The first-order valence-electron chi connectivity index (χ1n) is 9.75. The minimum Gasteiger partial charge on any atom is -0.504 e. The number of allylic oxidation sites excluding steroid dienone is 1. The number of carbonyl (C=O) groups excluding carboxylic acids is 1. The molecule has 0 spiro atoms. The Balaban J connectivity index is 1.62. The number of rotatable bonds is 8. The largest absolute Gasteiger partial charge is 0.504 e. The smallest absolute Gasteiger partial charge is 0.239 e. The summed E-state index contributed by atoms with van der Waals surface area (Å²) in [6.07, 6.45) is 5.95. The summed E-state index contributed by atoms with van der Waals surface area (Å²) in [5.74, 6) is -1.14. The summed E-state index contributed by atoms with van der Waals surface area (Å²) in [7, 11) is 0. The normalized spacial score (nSPS) is 11.6. The van der Waals surface area contributed by atoms with Gasteiger partial charge in [-0.1, -0.05) is 48.5 Å². The first-order chi connectivity index (χ1) is 15.1. The van der Waals surface area contributed by atoms with Crippen LogP contribution >= 0.6 is 0 Å². The molecule has 2 aromatic carbocycles. The highest BCUT2D eigenvalue weighted by molar-refractivity contribution is 6.08. The van der Waals surface area contributed by atoms with Crippen LogP contribution in [0.4, 0.5) is 4.39 Å². The topological polar surface area (TPSA) is 96.7 Å². The molecule has 4 aromatic rings. The van der Waals surface area contributed by atoms with Crippen molar-refractivity contribution in [3.8, 4) is 0 Å². The van der Waals surface area contributed by atoms with E-state index in [4.69, 9.17) is 0 Å². The number of aliphatic hydroxyl groups excluding tert-OH is 1. The maximum Gasteiger partial charge on any atom is 0.239 e. The molecule has 0 amide bonds. The standard InChI is InChI=1S/C23H20FN5O2/c24-20-9-5-4-8-18(20)14-29-13-17(11-10-16-6-2-1-3-7-16)19(15-29)21(30)12-22(31)23-25-27-28-26-23/h1-9,12-13,15,31H,10-11,14H2,(H,25,26,27,28). The zero-order valence-electron chi connectivity index (χ0n) is 16.6. The number of H-pyrrole nitrogens is 1. The number of aliphatic hydroxyl groups is 1. The summed E-state index contributed by atoms with van der Waals surface area (Å²) in [6.45, 7) is 0.291. The van der Waals surface area contributed by atoms with Crippen LogP contribution in [0.15, 0.2) is 73.1 Å². The first kappa shape index (κ1) is 20.2. The van der Waals surface area contributed by atoms with Gasteiger partial charge in [0.2, 0.25) is 5.82 Å². The molecule has 0 saturated carbocycles. The SMILES string of the molecule is O=C(C=C(O)c1nn[nH]n1)c1cn(Cc2ccccc2F)cc1CCc1ccccc1. The molecule has 31 heavy (non-hydrogen) atoms. The van der Waals surface area contributed by atoms with E-state index in [1.54, 1.807) is 29.0 Å². The number of tetrazole rings is 1. The molecule has 0 aliphatic rings. The summed E-state index contributed by atoms with van der Waals surface area (Å²) in [5.41, 5.74) is 2.91. The van der Waals surface area contributed by atoms with Crippen molar-refractivity contribution in [3.63, 3.8) is 0 Å². The van der Waals surface area contributed by atoms with Crippen LogP contribution < -0.4 is 0 Å². The van der Waals surface area contributed by atoms with Crippen molar-refractivity contribution < 1.29 is 14.3 Å². The third-order valence-corrected chi connectivity index (χ3v) is 4.91. The third kappa shape index (κ3) is 4.92. The van der Waals surface area contributed by atoms with E-state index < -0.39 is 5.78 Å². The average Bonchev–Trinajstić information content (AvgIpc) is 3.45. The molecule has 2 N–H and O–H groups in total. The molecule has 2 aromatic heterocycles. The Morgan fingerprint density at radius 3 is 2.55 bits per heavy atom. The summed E-state index contributed by atoms with van der Waals surface area (Å²) in [6, 6.07) is 16.5. The Morgan fingerprint density at radius 1 is 1.03 bits per heavy atom. The van der Waals surface area contributed by atoms with Crippen molar-refractivity contribution in [2.24, 2.45) is 0 Å². The molecule has 0 bridgehead atoms. The summed E-state index contributed by atoms with van der Waals surface area (Å²) in [5, 5.41) is 23.1. The van der Waals surface area contributed by atoms with Gasteiger partial charge in [-0.25, -0.2) is 4.39 Å². The van der Waals surface area contributed by atoms with E-state index in [1.165, 1.54) is 6.07 Å². The summed E-state index contributed by atoms with van der Waals surface area (Å²) >= 11 is 0. The van der Waals surface area contributed by atoms with Crippen LogP contribution in [0.2, 0.25) is 0 Å². The highest BCUT2D eigenvalue weighted by atomic mass is 19.1. The lowest BCUT2D eigenvalue weighted by atomic mass is 10.0. The fourth-order valence-electron chi connectivity index (χ4n) is 3.35. The Labute approximate surface area is 177 Å². The first-order valence-corrected chi connectivity index (χ1v) is 9.75. The van der Waals surface area contributed by atoms with Gasteiger partial charge in [0.25, 0.3) is 0 Å². The van der Waals surface area contributed by atoms with E-state index in [2.05, 4.69) is 20.6 Å². The number of ketones is 1. The zero-order chi connectivity index (χ0) is 21.6. The molecular formula is C23H20FN5O2. The van der Waals surface area contributed by atoms with Gasteiger partial charge in [-0.3, -0.25) is 4.79 Å². The van der Waals surface area contributed by atoms with Crippen LogP contribution in [0.5, 0.6) is 0 Å². The van der Waals surface area contributed by atoms with E-state index in [1.807, 2.05) is 36.5 Å². The van der Waals surface area contributed by atoms with Crippen LogP contribution in [-0.2, 0) is 19.4 Å². The molecule has 0 aliphatic heterocycles. The molecule has 8 heteroatoms.